The number of para-hydroxylation sites is 1. The minimum Gasteiger partial charge on any atom is -0.466 e. The van der Waals surface area contributed by atoms with E-state index < -0.39 is 22.5 Å². The molecule has 0 aliphatic carbocycles. The lowest BCUT2D eigenvalue weighted by molar-refractivity contribution is -0.388. The molecule has 0 spiro atoms. The number of ether oxygens (including phenoxy) is 2. The highest BCUT2D eigenvalue weighted by molar-refractivity contribution is 5.97. The second-order valence-electron chi connectivity index (χ2n) is 7.95. The molecular weight excluding hydrogens is 455 g/mol. The van der Waals surface area contributed by atoms with Crippen LogP contribution >= 0.6 is 0 Å². The van der Waals surface area contributed by atoms with Crippen LogP contribution < -0.4 is 4.74 Å². The molecule has 9 heteroatoms. The topological polar surface area (TPSA) is 99.0 Å². The molecule has 3 aromatic carbocycles. The van der Waals surface area contributed by atoms with Crippen LogP contribution in [0, 0.1) is 15.9 Å². The lowest BCUT2D eigenvalue weighted by atomic mass is 9.94. The molecule has 1 aliphatic rings. The van der Waals surface area contributed by atoms with Crippen molar-refractivity contribution in [1.82, 2.24) is 4.90 Å². The van der Waals surface area contributed by atoms with Gasteiger partial charge in [-0.05, 0) is 54.8 Å². The zero-order chi connectivity index (χ0) is 24.9. The molecule has 180 valence electrons. The van der Waals surface area contributed by atoms with E-state index in [-0.39, 0.29) is 36.4 Å². The summed E-state index contributed by atoms with van der Waals surface area (Å²) >= 11 is 0. The first-order chi connectivity index (χ1) is 16.9. The number of carbonyl (C=O) groups excluding carboxylic acids is 2. The van der Waals surface area contributed by atoms with E-state index in [4.69, 9.17) is 9.47 Å². The van der Waals surface area contributed by atoms with Crippen LogP contribution in [0.2, 0.25) is 0 Å². The van der Waals surface area contributed by atoms with Gasteiger partial charge in [0.05, 0.1) is 24.0 Å². The zero-order valence-electron chi connectivity index (χ0n) is 19.0. The molecular formula is C26H23FN2O6. The van der Waals surface area contributed by atoms with Crippen LogP contribution in [0.4, 0.5) is 10.1 Å². The van der Waals surface area contributed by atoms with E-state index in [0.29, 0.717) is 24.1 Å². The van der Waals surface area contributed by atoms with Crippen molar-refractivity contribution in [2.75, 3.05) is 13.2 Å². The average molecular weight is 478 g/mol. The molecule has 0 saturated heterocycles. The van der Waals surface area contributed by atoms with Crippen LogP contribution in [0.5, 0.6) is 11.5 Å². The Morgan fingerprint density at radius 1 is 1.14 bits per heavy atom. The standard InChI is InChI=1S/C26H23FN2O6/c1-2-34-24(30)16-22(17-7-4-3-5-8-17)28-14-13-18-15-19(11-12-20(18)26(28)31)35-23-10-6-9-21(27)25(23)29(32)33/h3-12,15,22H,2,13-14,16H2,1H3. The lowest BCUT2D eigenvalue weighted by Gasteiger charge is -2.35. The first-order valence-corrected chi connectivity index (χ1v) is 11.1. The molecule has 1 atom stereocenters. The van der Waals surface area contributed by atoms with Gasteiger partial charge in [-0.25, -0.2) is 0 Å². The number of hydrogen-bond donors (Lipinski definition) is 0. The largest absolute Gasteiger partial charge is 0.466 e. The number of halogens is 1. The number of esters is 1. The monoisotopic (exact) mass is 478 g/mol. The Balaban J connectivity index is 1.60. The Hall–Kier alpha value is -4.27. The number of fused-ring (bicyclic) bond motifs is 1. The Bertz CT molecular complexity index is 1260. The van der Waals surface area contributed by atoms with Gasteiger partial charge in [-0.1, -0.05) is 36.4 Å². The van der Waals surface area contributed by atoms with Crippen molar-refractivity contribution in [2.45, 2.75) is 25.8 Å². The summed E-state index contributed by atoms with van der Waals surface area (Å²) in [6, 6.07) is 17.2. The zero-order valence-corrected chi connectivity index (χ0v) is 19.0. The fraction of sp³-hybridized carbons (Fsp3) is 0.231. The molecule has 1 unspecified atom stereocenters. The Kier molecular flexibility index (Phi) is 7.05. The van der Waals surface area contributed by atoms with E-state index in [2.05, 4.69) is 0 Å². The summed E-state index contributed by atoms with van der Waals surface area (Å²) in [4.78, 5) is 37.8. The van der Waals surface area contributed by atoms with Crippen molar-refractivity contribution in [2.24, 2.45) is 0 Å². The molecule has 4 rings (SSSR count). The molecule has 0 bridgehead atoms. The third-order valence-corrected chi connectivity index (χ3v) is 5.78. The van der Waals surface area contributed by atoms with Gasteiger partial charge in [-0.2, -0.15) is 4.39 Å². The van der Waals surface area contributed by atoms with E-state index in [1.165, 1.54) is 18.2 Å². The normalized spacial score (nSPS) is 13.7. The molecule has 0 saturated carbocycles. The van der Waals surface area contributed by atoms with Gasteiger partial charge in [0.2, 0.25) is 11.6 Å². The van der Waals surface area contributed by atoms with Gasteiger partial charge in [0.1, 0.15) is 5.75 Å². The van der Waals surface area contributed by atoms with Gasteiger partial charge in [-0.15, -0.1) is 0 Å². The number of nitro groups is 1. The summed E-state index contributed by atoms with van der Waals surface area (Å²) < 4.78 is 24.7. The Morgan fingerprint density at radius 2 is 1.91 bits per heavy atom. The summed E-state index contributed by atoms with van der Waals surface area (Å²) in [7, 11) is 0. The maximum Gasteiger partial charge on any atom is 0.346 e. The van der Waals surface area contributed by atoms with Crippen molar-refractivity contribution in [1.29, 1.82) is 0 Å². The molecule has 1 heterocycles. The first-order valence-electron chi connectivity index (χ1n) is 11.1. The Morgan fingerprint density at radius 3 is 2.63 bits per heavy atom. The summed E-state index contributed by atoms with van der Waals surface area (Å²) in [6.45, 7) is 2.34. The fourth-order valence-corrected chi connectivity index (χ4v) is 4.19. The smallest absolute Gasteiger partial charge is 0.346 e. The van der Waals surface area contributed by atoms with Gasteiger partial charge >= 0.3 is 11.7 Å². The fourth-order valence-electron chi connectivity index (χ4n) is 4.19. The Labute approximate surface area is 201 Å². The van der Waals surface area contributed by atoms with Crippen LogP contribution in [0.15, 0.2) is 66.7 Å². The predicted molar refractivity (Wildman–Crippen MR) is 125 cm³/mol. The number of hydrogen-bond acceptors (Lipinski definition) is 6. The van der Waals surface area contributed by atoms with Crippen molar-refractivity contribution in [3.05, 3.63) is 99.4 Å². The molecule has 8 nitrogen and oxygen atoms in total. The maximum absolute atomic E-state index is 13.9. The molecule has 1 amide bonds. The molecule has 35 heavy (non-hydrogen) atoms. The summed E-state index contributed by atoms with van der Waals surface area (Å²) in [5.74, 6) is -1.60. The van der Waals surface area contributed by atoms with Gasteiger partial charge in [-0.3, -0.25) is 19.7 Å². The molecule has 3 aromatic rings. The van der Waals surface area contributed by atoms with Gasteiger partial charge in [0.25, 0.3) is 5.91 Å². The van der Waals surface area contributed by atoms with Crippen LogP contribution in [0.3, 0.4) is 0 Å². The van der Waals surface area contributed by atoms with Crippen molar-refractivity contribution < 1.29 is 28.4 Å². The number of nitrogens with zero attached hydrogens (tertiary/aromatic N) is 2. The van der Waals surface area contributed by atoms with Crippen molar-refractivity contribution in [3.8, 4) is 11.5 Å². The minimum atomic E-state index is -0.996. The molecule has 0 N–H and O–H groups in total. The number of benzene rings is 3. The second kappa shape index (κ2) is 10.3. The van der Waals surface area contributed by atoms with Crippen LogP contribution in [-0.4, -0.2) is 34.9 Å². The van der Waals surface area contributed by atoms with Crippen molar-refractivity contribution >= 4 is 17.6 Å². The minimum absolute atomic E-state index is 0.0311. The average Bonchev–Trinajstić information content (AvgIpc) is 2.84. The third-order valence-electron chi connectivity index (χ3n) is 5.78. The number of rotatable bonds is 8. The van der Waals surface area contributed by atoms with Gasteiger partial charge in [0.15, 0.2) is 0 Å². The molecule has 1 aliphatic heterocycles. The third kappa shape index (κ3) is 5.13. The summed E-state index contributed by atoms with van der Waals surface area (Å²) in [6.07, 6.45) is 0.513. The van der Waals surface area contributed by atoms with E-state index in [1.54, 1.807) is 24.0 Å². The number of amides is 1. The van der Waals surface area contributed by atoms with Crippen LogP contribution in [0.1, 0.15) is 40.9 Å². The van der Waals surface area contributed by atoms with Crippen molar-refractivity contribution in [3.63, 3.8) is 0 Å². The quantitative estimate of drug-likeness (QED) is 0.250. The number of nitro benzene ring substituents is 1. The van der Waals surface area contributed by atoms with E-state index in [0.717, 1.165) is 11.6 Å². The molecule has 0 aromatic heterocycles. The second-order valence-corrected chi connectivity index (χ2v) is 7.95. The number of carbonyl (C=O) groups is 2. The SMILES string of the molecule is CCOC(=O)CC(c1ccccc1)N1CCc2cc(Oc3cccc(F)c3[N+](=O)[O-])ccc2C1=O. The van der Waals surface area contributed by atoms with Gasteiger partial charge in [0, 0.05) is 12.1 Å². The highest BCUT2D eigenvalue weighted by Crippen LogP contribution is 2.36. The maximum atomic E-state index is 13.9. The molecule has 0 radical (unpaired) electrons. The summed E-state index contributed by atoms with van der Waals surface area (Å²) in [5.41, 5.74) is 1.22. The lowest BCUT2D eigenvalue weighted by Crippen LogP contribution is -2.41. The predicted octanol–water partition coefficient (Wildman–Crippen LogP) is 5.22. The van der Waals surface area contributed by atoms with E-state index in [9.17, 15) is 24.1 Å². The van der Waals surface area contributed by atoms with Gasteiger partial charge < -0.3 is 14.4 Å². The highest BCUT2D eigenvalue weighted by Gasteiger charge is 2.33. The van der Waals surface area contributed by atoms with E-state index >= 15 is 0 Å². The first kappa shape index (κ1) is 23.9. The van der Waals surface area contributed by atoms with Crippen LogP contribution in [-0.2, 0) is 16.0 Å². The summed E-state index contributed by atoms with van der Waals surface area (Å²) in [5, 5.41) is 11.2. The highest BCUT2D eigenvalue weighted by atomic mass is 19.1. The van der Waals surface area contributed by atoms with E-state index in [1.807, 2.05) is 30.3 Å². The van der Waals surface area contributed by atoms with Crippen LogP contribution in [0.25, 0.3) is 0 Å². The molecule has 0 fully saturated rings.